The van der Waals surface area contributed by atoms with Crippen LogP contribution in [-0.4, -0.2) is 64.1 Å². The molecule has 2 N–H and O–H groups in total. The van der Waals surface area contributed by atoms with E-state index in [2.05, 4.69) is 0 Å². The second-order valence-corrected chi connectivity index (χ2v) is 5.25. The first kappa shape index (κ1) is 15.1. The maximum Gasteiger partial charge on any atom is 0.225 e. The summed E-state index contributed by atoms with van der Waals surface area (Å²) in [5, 5.41) is 19.5. The van der Waals surface area contributed by atoms with Gasteiger partial charge in [-0.05, 0) is 13.0 Å². The van der Waals surface area contributed by atoms with Crippen LogP contribution >= 0.6 is 0 Å². The molecule has 3 heterocycles. The summed E-state index contributed by atoms with van der Waals surface area (Å²) in [6.45, 7) is 2.55. The highest BCUT2D eigenvalue weighted by Crippen LogP contribution is 2.38. The fourth-order valence-electron chi connectivity index (χ4n) is 2.51. The average Bonchev–Trinajstić information content (AvgIpc) is 2.38. The molecule has 0 spiro atoms. The summed E-state index contributed by atoms with van der Waals surface area (Å²) in [6, 6.07) is 0. The summed E-state index contributed by atoms with van der Waals surface area (Å²) in [5.74, 6) is -0.556. The molecule has 0 radical (unpaired) electrons. The van der Waals surface area contributed by atoms with E-state index >= 15 is 0 Å². The van der Waals surface area contributed by atoms with Gasteiger partial charge in [-0.2, -0.15) is 0 Å². The lowest BCUT2D eigenvalue weighted by atomic mass is 9.87. The van der Waals surface area contributed by atoms with Crippen molar-refractivity contribution in [1.82, 2.24) is 4.90 Å². The van der Waals surface area contributed by atoms with E-state index in [1.807, 2.05) is 0 Å². The zero-order valence-electron chi connectivity index (χ0n) is 11.5. The van der Waals surface area contributed by atoms with Crippen LogP contribution in [-0.2, 0) is 19.1 Å². The summed E-state index contributed by atoms with van der Waals surface area (Å²) in [5.41, 5.74) is -1.00. The molecular weight excluding hydrogens is 266 g/mol. The van der Waals surface area contributed by atoms with Crippen LogP contribution in [0.3, 0.4) is 0 Å². The van der Waals surface area contributed by atoms with E-state index in [9.17, 15) is 19.8 Å². The number of rotatable bonds is 4. The Bertz CT molecular complexity index is 437. The van der Waals surface area contributed by atoms with Crippen molar-refractivity contribution in [2.24, 2.45) is 0 Å². The lowest BCUT2D eigenvalue weighted by Crippen LogP contribution is -2.68. The molecule has 112 valence electrons. The minimum absolute atomic E-state index is 0.171. The van der Waals surface area contributed by atoms with E-state index in [1.54, 1.807) is 0 Å². The molecule has 3 aliphatic rings. The van der Waals surface area contributed by atoms with Gasteiger partial charge in [-0.15, -0.1) is 0 Å². The van der Waals surface area contributed by atoms with Crippen LogP contribution in [0.1, 0.15) is 20.3 Å². The molecule has 0 aliphatic carbocycles. The van der Waals surface area contributed by atoms with Crippen molar-refractivity contribution in [3.63, 3.8) is 0 Å². The third kappa shape index (κ3) is 2.76. The van der Waals surface area contributed by atoms with Gasteiger partial charge in [0.2, 0.25) is 5.91 Å². The van der Waals surface area contributed by atoms with Gasteiger partial charge in [0.15, 0.2) is 12.0 Å². The summed E-state index contributed by atoms with van der Waals surface area (Å²) >= 11 is 0. The molecule has 0 aromatic carbocycles. The fourth-order valence-corrected chi connectivity index (χ4v) is 2.51. The molecule has 3 rings (SSSR count). The second kappa shape index (κ2) is 5.61. The van der Waals surface area contributed by atoms with E-state index in [1.165, 1.54) is 31.0 Å². The standard InChI is InChI=1S/C13H19NO6/c1-8(16)3-4-14(9(2)17)12-11-10(18)5-13(6-15,20-12)7-19-11/h3-4,10-12,15,18H,5-7H2,1-2H3/b4-3-. The summed E-state index contributed by atoms with van der Waals surface area (Å²) in [4.78, 5) is 23.9. The highest BCUT2D eigenvalue weighted by molar-refractivity contribution is 5.87. The normalized spacial score (nSPS) is 36.3. The highest BCUT2D eigenvalue weighted by atomic mass is 16.6. The third-order valence-electron chi connectivity index (χ3n) is 3.55. The van der Waals surface area contributed by atoms with Gasteiger partial charge in [0, 0.05) is 19.5 Å². The Morgan fingerprint density at radius 2 is 2.15 bits per heavy atom. The van der Waals surface area contributed by atoms with Gasteiger partial charge in [0.1, 0.15) is 11.7 Å². The van der Waals surface area contributed by atoms with Crippen LogP contribution in [0, 0.1) is 0 Å². The molecule has 0 aromatic heterocycles. The Morgan fingerprint density at radius 1 is 1.45 bits per heavy atom. The van der Waals surface area contributed by atoms with Crippen molar-refractivity contribution < 1.29 is 29.3 Å². The quantitative estimate of drug-likeness (QED) is 0.655. The summed E-state index contributed by atoms with van der Waals surface area (Å²) < 4.78 is 11.2. The minimum atomic E-state index is -1.00. The molecule has 0 aromatic rings. The lowest BCUT2D eigenvalue weighted by molar-refractivity contribution is -0.330. The first-order chi connectivity index (χ1) is 9.38. The summed E-state index contributed by atoms with van der Waals surface area (Å²) in [6.07, 6.45) is 0.439. The average molecular weight is 285 g/mol. The maximum atomic E-state index is 11.7. The molecule has 3 fully saturated rings. The van der Waals surface area contributed by atoms with Crippen LogP contribution in [0.4, 0.5) is 0 Å². The molecule has 7 nitrogen and oxygen atoms in total. The Morgan fingerprint density at radius 3 is 2.65 bits per heavy atom. The number of aliphatic hydroxyl groups excluding tert-OH is 2. The molecule has 20 heavy (non-hydrogen) atoms. The number of ketones is 1. The zero-order valence-corrected chi connectivity index (χ0v) is 11.5. The molecule has 7 heteroatoms. The molecule has 4 atom stereocenters. The molecule has 3 aliphatic heterocycles. The molecule has 1 amide bonds. The van der Waals surface area contributed by atoms with Crippen molar-refractivity contribution >= 4 is 11.7 Å². The smallest absolute Gasteiger partial charge is 0.225 e. The first-order valence-corrected chi connectivity index (χ1v) is 6.44. The number of hydrogen-bond donors (Lipinski definition) is 2. The first-order valence-electron chi connectivity index (χ1n) is 6.44. The number of carbonyl (C=O) groups excluding carboxylic acids is 2. The van der Waals surface area contributed by atoms with Gasteiger partial charge in [0.25, 0.3) is 0 Å². The highest BCUT2D eigenvalue weighted by Gasteiger charge is 2.54. The SMILES string of the molecule is CC(=O)/C=C\N(C(C)=O)C1OC2(CO)COC1C(O)C2. The maximum absolute atomic E-state index is 11.7. The molecule has 3 saturated heterocycles. The Kier molecular flexibility index (Phi) is 4.24. The number of amides is 1. The van der Waals surface area contributed by atoms with Crippen LogP contribution in [0.15, 0.2) is 12.3 Å². The lowest BCUT2D eigenvalue weighted by Gasteiger charge is -2.53. The number of carbonyl (C=O) groups is 2. The van der Waals surface area contributed by atoms with Crippen LogP contribution < -0.4 is 0 Å². The fraction of sp³-hybridized carbons (Fsp3) is 0.692. The number of hydrogen-bond acceptors (Lipinski definition) is 6. The monoisotopic (exact) mass is 285 g/mol. The largest absolute Gasteiger partial charge is 0.393 e. The van der Waals surface area contributed by atoms with E-state index in [0.29, 0.717) is 0 Å². The minimum Gasteiger partial charge on any atom is -0.393 e. The Hall–Kier alpha value is -1.28. The number of nitrogens with zero attached hydrogens (tertiary/aromatic N) is 1. The van der Waals surface area contributed by atoms with Crippen molar-refractivity contribution in [1.29, 1.82) is 0 Å². The van der Waals surface area contributed by atoms with Crippen molar-refractivity contribution in [2.75, 3.05) is 13.2 Å². The molecule has 4 unspecified atom stereocenters. The Balaban J connectivity index is 2.25. The predicted molar refractivity (Wildman–Crippen MR) is 67.4 cm³/mol. The van der Waals surface area contributed by atoms with Crippen molar-refractivity contribution in [3.8, 4) is 0 Å². The van der Waals surface area contributed by atoms with Gasteiger partial charge < -0.3 is 19.7 Å². The van der Waals surface area contributed by atoms with Gasteiger partial charge in [0.05, 0.1) is 19.3 Å². The van der Waals surface area contributed by atoms with Crippen LogP contribution in [0.25, 0.3) is 0 Å². The van der Waals surface area contributed by atoms with Gasteiger partial charge >= 0.3 is 0 Å². The van der Waals surface area contributed by atoms with E-state index in [4.69, 9.17) is 9.47 Å². The van der Waals surface area contributed by atoms with E-state index < -0.39 is 24.0 Å². The molecular formula is C13H19NO6. The number of allylic oxidation sites excluding steroid dienone is 1. The zero-order chi connectivity index (χ0) is 14.9. The van der Waals surface area contributed by atoms with Crippen molar-refractivity contribution in [3.05, 3.63) is 12.3 Å². The van der Waals surface area contributed by atoms with Gasteiger partial charge in [-0.1, -0.05) is 0 Å². The number of ether oxygens (including phenoxy) is 2. The Labute approximate surface area is 116 Å². The van der Waals surface area contributed by atoms with Crippen molar-refractivity contribution in [2.45, 2.75) is 44.3 Å². The van der Waals surface area contributed by atoms with Crippen LogP contribution in [0.5, 0.6) is 0 Å². The molecule has 2 bridgehead atoms. The predicted octanol–water partition coefficient (Wildman–Crippen LogP) is -0.825. The van der Waals surface area contributed by atoms with Gasteiger partial charge in [-0.3, -0.25) is 14.5 Å². The number of fused-ring (bicyclic) bond motifs is 3. The second-order valence-electron chi connectivity index (χ2n) is 5.25. The number of aliphatic hydroxyl groups is 2. The van der Waals surface area contributed by atoms with E-state index in [-0.39, 0.29) is 31.3 Å². The summed E-state index contributed by atoms with van der Waals surface area (Å²) in [7, 11) is 0. The van der Waals surface area contributed by atoms with E-state index in [0.717, 1.165) is 0 Å². The van der Waals surface area contributed by atoms with Crippen LogP contribution in [0.2, 0.25) is 0 Å². The van der Waals surface area contributed by atoms with Gasteiger partial charge in [-0.25, -0.2) is 0 Å². The third-order valence-corrected chi connectivity index (χ3v) is 3.55. The molecule has 0 saturated carbocycles. The topological polar surface area (TPSA) is 96.3 Å².